The molecule has 5 atom stereocenters. The summed E-state index contributed by atoms with van der Waals surface area (Å²) >= 11 is 0. The number of nitrogens with two attached hydrogens (primary N) is 1. The molecule has 0 aliphatic carbocycles. The van der Waals surface area contributed by atoms with Crippen molar-refractivity contribution in [2.45, 2.75) is 55.9 Å². The molecule has 0 saturated carbocycles. The number of benzene rings is 2. The fourth-order valence-electron chi connectivity index (χ4n) is 4.79. The Morgan fingerprint density at radius 1 is 1.00 bits per heavy atom. The number of halogens is 7. The first-order valence-electron chi connectivity index (χ1n) is 10.5. The van der Waals surface area contributed by atoms with Crippen molar-refractivity contribution in [1.82, 2.24) is 4.90 Å². The number of ether oxygens (including phenoxy) is 1. The molecule has 1 amide bonds. The fourth-order valence-corrected chi connectivity index (χ4v) is 4.79. The first-order valence-corrected chi connectivity index (χ1v) is 10.5. The molecule has 2 aromatic rings. The smallest absolute Gasteiger partial charge is 0.368 e. The molecule has 0 bridgehead atoms. The van der Waals surface area contributed by atoms with Crippen molar-refractivity contribution < 1.29 is 40.3 Å². The van der Waals surface area contributed by atoms with Gasteiger partial charge >= 0.3 is 12.4 Å². The Labute approximate surface area is 190 Å². The minimum Gasteiger partial charge on any atom is -0.368 e. The molecule has 11 heteroatoms. The van der Waals surface area contributed by atoms with Crippen LogP contribution in [0.1, 0.15) is 47.6 Å². The zero-order chi connectivity index (χ0) is 25.0. The Hall–Kier alpha value is -2.66. The summed E-state index contributed by atoms with van der Waals surface area (Å²) in [6.45, 7) is 1.42. The van der Waals surface area contributed by atoms with Crippen LogP contribution in [0.3, 0.4) is 0 Å². The van der Waals surface area contributed by atoms with Crippen molar-refractivity contribution in [1.29, 1.82) is 0 Å². The number of hydrogen-bond acceptors (Lipinski definition) is 3. The van der Waals surface area contributed by atoms with Crippen LogP contribution < -0.4 is 5.73 Å². The molecule has 0 radical (unpaired) electrons. The molecule has 2 N–H and O–H groups in total. The van der Waals surface area contributed by atoms with Gasteiger partial charge in [-0.3, -0.25) is 4.79 Å². The van der Waals surface area contributed by atoms with Crippen LogP contribution in [0.5, 0.6) is 0 Å². The van der Waals surface area contributed by atoms with Crippen LogP contribution >= 0.6 is 0 Å². The van der Waals surface area contributed by atoms with E-state index in [1.807, 2.05) is 0 Å². The van der Waals surface area contributed by atoms with E-state index in [0.717, 1.165) is 0 Å². The van der Waals surface area contributed by atoms with E-state index in [1.165, 1.54) is 36.1 Å². The van der Waals surface area contributed by atoms with Gasteiger partial charge in [-0.05, 0) is 54.8 Å². The zero-order valence-electron chi connectivity index (χ0n) is 17.8. The summed E-state index contributed by atoms with van der Waals surface area (Å²) in [5.41, 5.74) is 3.35. The molecule has 2 aromatic carbocycles. The lowest BCUT2D eigenvalue weighted by atomic mass is 9.87. The lowest BCUT2D eigenvalue weighted by Gasteiger charge is -2.27. The number of hydrogen-bond donors (Lipinski definition) is 1. The summed E-state index contributed by atoms with van der Waals surface area (Å²) < 4.78 is 99.0. The zero-order valence-corrected chi connectivity index (χ0v) is 17.8. The molecule has 4 nitrogen and oxygen atoms in total. The van der Waals surface area contributed by atoms with Gasteiger partial charge in [0.25, 0.3) is 0 Å². The van der Waals surface area contributed by atoms with Crippen LogP contribution in [0.4, 0.5) is 30.7 Å². The summed E-state index contributed by atoms with van der Waals surface area (Å²) in [5.74, 6) is -1.27. The highest BCUT2D eigenvalue weighted by Gasteiger charge is 2.51. The second-order valence-electron chi connectivity index (χ2n) is 8.63. The molecular weight excluding hydrogens is 469 g/mol. The molecule has 2 unspecified atom stereocenters. The normalized spacial score (nSPS) is 26.1. The van der Waals surface area contributed by atoms with Gasteiger partial charge in [0.05, 0.1) is 29.4 Å². The van der Waals surface area contributed by atoms with Crippen LogP contribution in [0.2, 0.25) is 0 Å². The standard InChI is InChI=1S/C23H21F7N2O2/c1-11(13-6-14(22(25,26)27)8-15(7-13)23(28,29)30)34-19-10-32-18(9-17(31)21(32)33)20(19)12-2-4-16(24)5-3-12/h2-8,11,17-20H,9-10,31H2,1H3/t11-,17?,18?,19+,20+/m1/s1. The van der Waals surface area contributed by atoms with Crippen molar-refractivity contribution in [2.24, 2.45) is 5.73 Å². The lowest BCUT2D eigenvalue weighted by Crippen LogP contribution is -2.36. The molecule has 2 heterocycles. The molecule has 2 aliphatic heterocycles. The Morgan fingerprint density at radius 3 is 2.09 bits per heavy atom. The first kappa shape index (κ1) is 24.5. The van der Waals surface area contributed by atoms with Gasteiger partial charge in [-0.2, -0.15) is 26.3 Å². The topological polar surface area (TPSA) is 55.6 Å². The van der Waals surface area contributed by atoms with E-state index in [4.69, 9.17) is 10.5 Å². The molecule has 0 spiro atoms. The second-order valence-corrected chi connectivity index (χ2v) is 8.63. The Balaban J connectivity index is 1.67. The summed E-state index contributed by atoms with van der Waals surface area (Å²) in [4.78, 5) is 14.0. The molecule has 2 saturated heterocycles. The van der Waals surface area contributed by atoms with Crippen molar-refractivity contribution in [3.63, 3.8) is 0 Å². The Kier molecular flexibility index (Phi) is 6.14. The lowest BCUT2D eigenvalue weighted by molar-refractivity contribution is -0.143. The van der Waals surface area contributed by atoms with Gasteiger partial charge in [-0.25, -0.2) is 4.39 Å². The van der Waals surface area contributed by atoms with E-state index in [0.29, 0.717) is 24.1 Å². The summed E-state index contributed by atoms with van der Waals surface area (Å²) in [6.07, 6.45) is -11.6. The van der Waals surface area contributed by atoms with Gasteiger partial charge in [0, 0.05) is 18.5 Å². The quantitative estimate of drug-likeness (QED) is 0.612. The Morgan fingerprint density at radius 2 is 1.56 bits per heavy atom. The molecule has 4 rings (SSSR count). The third kappa shape index (κ3) is 4.63. The van der Waals surface area contributed by atoms with E-state index in [-0.39, 0.29) is 30.1 Å². The third-order valence-corrected chi connectivity index (χ3v) is 6.40. The van der Waals surface area contributed by atoms with Gasteiger partial charge in [0.2, 0.25) is 5.91 Å². The van der Waals surface area contributed by atoms with Crippen LogP contribution in [-0.2, 0) is 21.9 Å². The highest BCUT2D eigenvalue weighted by Crippen LogP contribution is 2.44. The summed E-state index contributed by atoms with van der Waals surface area (Å²) in [7, 11) is 0. The maximum Gasteiger partial charge on any atom is 0.416 e. The number of amides is 1. The second kappa shape index (κ2) is 8.53. The number of carbonyl (C=O) groups excluding carboxylic acids is 1. The van der Waals surface area contributed by atoms with E-state index < -0.39 is 53.5 Å². The van der Waals surface area contributed by atoms with Crippen molar-refractivity contribution in [2.75, 3.05) is 6.54 Å². The van der Waals surface area contributed by atoms with E-state index in [9.17, 15) is 35.5 Å². The van der Waals surface area contributed by atoms with Gasteiger partial charge in [0.15, 0.2) is 0 Å². The highest BCUT2D eigenvalue weighted by atomic mass is 19.4. The van der Waals surface area contributed by atoms with E-state index in [1.54, 1.807) is 0 Å². The van der Waals surface area contributed by atoms with Gasteiger partial charge in [-0.15, -0.1) is 0 Å². The van der Waals surface area contributed by atoms with Gasteiger partial charge < -0.3 is 15.4 Å². The highest BCUT2D eigenvalue weighted by molar-refractivity contribution is 5.85. The van der Waals surface area contributed by atoms with Crippen molar-refractivity contribution >= 4 is 5.91 Å². The van der Waals surface area contributed by atoms with Crippen LogP contribution in [0, 0.1) is 5.82 Å². The summed E-state index contributed by atoms with van der Waals surface area (Å²) in [5, 5.41) is 0. The fraction of sp³-hybridized carbons (Fsp3) is 0.435. The molecule has 34 heavy (non-hydrogen) atoms. The summed E-state index contributed by atoms with van der Waals surface area (Å²) in [6, 6.07) is 5.73. The first-order chi connectivity index (χ1) is 15.8. The molecule has 0 aromatic heterocycles. The minimum atomic E-state index is -4.98. The van der Waals surface area contributed by atoms with Gasteiger partial charge in [-0.1, -0.05) is 12.1 Å². The van der Waals surface area contributed by atoms with E-state index >= 15 is 0 Å². The number of rotatable bonds is 4. The number of alkyl halides is 6. The Bertz CT molecular complexity index is 1040. The third-order valence-electron chi connectivity index (χ3n) is 6.40. The molecular formula is C23H21F7N2O2. The largest absolute Gasteiger partial charge is 0.416 e. The van der Waals surface area contributed by atoms with Crippen LogP contribution in [0.25, 0.3) is 0 Å². The predicted molar refractivity (Wildman–Crippen MR) is 107 cm³/mol. The average molecular weight is 490 g/mol. The van der Waals surface area contributed by atoms with Gasteiger partial charge in [0.1, 0.15) is 5.82 Å². The number of nitrogens with zero attached hydrogens (tertiary/aromatic N) is 1. The minimum absolute atomic E-state index is 0.0588. The van der Waals surface area contributed by atoms with Crippen LogP contribution in [0.15, 0.2) is 42.5 Å². The molecule has 2 aliphatic rings. The molecule has 2 fully saturated rings. The molecule has 184 valence electrons. The average Bonchev–Trinajstić information content (AvgIpc) is 3.22. The SMILES string of the molecule is C[C@@H](O[C@H]1CN2C(=O)C(N)CC2[C@@H]1c1ccc(F)cc1)c1cc(C(F)(F)F)cc(C(F)(F)F)c1. The van der Waals surface area contributed by atoms with Crippen LogP contribution in [-0.4, -0.2) is 35.5 Å². The van der Waals surface area contributed by atoms with Crippen molar-refractivity contribution in [3.8, 4) is 0 Å². The number of fused-ring (bicyclic) bond motifs is 1. The maximum absolute atomic E-state index is 13.5. The van der Waals surface area contributed by atoms with E-state index in [2.05, 4.69) is 0 Å². The van der Waals surface area contributed by atoms with Crippen molar-refractivity contribution in [3.05, 3.63) is 70.5 Å². The predicted octanol–water partition coefficient (Wildman–Crippen LogP) is 5.04. The monoisotopic (exact) mass is 490 g/mol. The maximum atomic E-state index is 13.5. The number of carbonyl (C=O) groups is 1.